The zero-order valence-electron chi connectivity index (χ0n) is 11.9. The summed E-state index contributed by atoms with van der Waals surface area (Å²) < 4.78 is 10.8. The fourth-order valence-electron chi connectivity index (χ4n) is 2.33. The lowest BCUT2D eigenvalue weighted by Crippen LogP contribution is -2.11. The number of carbonyl (C=O) groups excluding carboxylic acids is 1. The van der Waals surface area contributed by atoms with Crippen molar-refractivity contribution in [3.63, 3.8) is 0 Å². The number of nitrogens with one attached hydrogen (secondary N) is 1. The molecule has 108 valence electrons. The van der Waals surface area contributed by atoms with E-state index in [4.69, 9.17) is 9.47 Å². The van der Waals surface area contributed by atoms with Crippen molar-refractivity contribution in [3.05, 3.63) is 53.6 Å². The van der Waals surface area contributed by atoms with Crippen LogP contribution in [0.25, 0.3) is 0 Å². The minimum absolute atomic E-state index is 0.117. The van der Waals surface area contributed by atoms with E-state index in [0.29, 0.717) is 18.8 Å². The molecule has 0 fully saturated rings. The standard InChI is InChI=1S/C17H17NO3/c1-2-20-15-6-4-14(5-7-15)18-17(19)13-3-8-16-12(11-13)9-10-21-16/h3-8,11H,2,9-10H2,1H3,(H,18,19). The molecule has 1 N–H and O–H groups in total. The predicted octanol–water partition coefficient (Wildman–Crippen LogP) is 3.27. The number of fused-ring (bicyclic) bond motifs is 1. The van der Waals surface area contributed by atoms with Gasteiger partial charge >= 0.3 is 0 Å². The van der Waals surface area contributed by atoms with Gasteiger partial charge in [-0.05, 0) is 55.0 Å². The highest BCUT2D eigenvalue weighted by molar-refractivity contribution is 6.04. The van der Waals surface area contributed by atoms with Gasteiger partial charge in [-0.15, -0.1) is 0 Å². The smallest absolute Gasteiger partial charge is 0.255 e. The highest BCUT2D eigenvalue weighted by Gasteiger charge is 2.15. The molecule has 0 spiro atoms. The SMILES string of the molecule is CCOc1ccc(NC(=O)c2ccc3c(c2)CCO3)cc1. The van der Waals surface area contributed by atoms with Gasteiger partial charge in [-0.3, -0.25) is 4.79 Å². The third kappa shape index (κ3) is 2.99. The van der Waals surface area contributed by atoms with Gasteiger partial charge in [0.1, 0.15) is 11.5 Å². The number of rotatable bonds is 4. The van der Waals surface area contributed by atoms with Crippen LogP contribution in [-0.2, 0) is 6.42 Å². The van der Waals surface area contributed by atoms with Crippen molar-refractivity contribution in [2.45, 2.75) is 13.3 Å². The van der Waals surface area contributed by atoms with Crippen LogP contribution in [0.5, 0.6) is 11.5 Å². The molecule has 0 radical (unpaired) electrons. The van der Waals surface area contributed by atoms with Gasteiger partial charge in [0.25, 0.3) is 5.91 Å². The Balaban J connectivity index is 1.71. The first-order valence-electron chi connectivity index (χ1n) is 7.06. The average molecular weight is 283 g/mol. The minimum Gasteiger partial charge on any atom is -0.494 e. The molecule has 1 amide bonds. The molecule has 0 aromatic heterocycles. The van der Waals surface area contributed by atoms with Crippen molar-refractivity contribution in [2.75, 3.05) is 18.5 Å². The van der Waals surface area contributed by atoms with E-state index in [1.165, 1.54) is 0 Å². The van der Waals surface area contributed by atoms with E-state index in [-0.39, 0.29) is 5.91 Å². The Labute approximate surface area is 123 Å². The van der Waals surface area contributed by atoms with Crippen LogP contribution in [0.15, 0.2) is 42.5 Å². The number of hydrogen-bond acceptors (Lipinski definition) is 3. The molecule has 0 bridgehead atoms. The Morgan fingerprint density at radius 2 is 2.05 bits per heavy atom. The Hall–Kier alpha value is -2.49. The second-order valence-electron chi connectivity index (χ2n) is 4.83. The number of anilines is 1. The molecule has 4 nitrogen and oxygen atoms in total. The third-order valence-corrected chi connectivity index (χ3v) is 3.37. The van der Waals surface area contributed by atoms with E-state index < -0.39 is 0 Å². The van der Waals surface area contributed by atoms with Crippen LogP contribution >= 0.6 is 0 Å². The maximum atomic E-state index is 12.2. The average Bonchev–Trinajstić information content (AvgIpc) is 2.97. The van der Waals surface area contributed by atoms with Gasteiger partial charge in [-0.1, -0.05) is 0 Å². The summed E-state index contributed by atoms with van der Waals surface area (Å²) in [6, 6.07) is 12.9. The predicted molar refractivity (Wildman–Crippen MR) is 81.2 cm³/mol. The number of carbonyl (C=O) groups is 1. The lowest BCUT2D eigenvalue weighted by molar-refractivity contribution is 0.102. The van der Waals surface area contributed by atoms with E-state index in [2.05, 4.69) is 5.32 Å². The topological polar surface area (TPSA) is 47.6 Å². The van der Waals surface area contributed by atoms with E-state index in [9.17, 15) is 4.79 Å². The summed E-state index contributed by atoms with van der Waals surface area (Å²) in [5.74, 6) is 1.56. The summed E-state index contributed by atoms with van der Waals surface area (Å²) in [6.07, 6.45) is 0.861. The number of benzene rings is 2. The Bertz CT molecular complexity index is 650. The second-order valence-corrected chi connectivity index (χ2v) is 4.83. The first-order chi connectivity index (χ1) is 10.3. The first-order valence-corrected chi connectivity index (χ1v) is 7.06. The second kappa shape index (κ2) is 5.87. The Morgan fingerprint density at radius 1 is 1.24 bits per heavy atom. The van der Waals surface area contributed by atoms with Crippen molar-refractivity contribution in [1.29, 1.82) is 0 Å². The quantitative estimate of drug-likeness (QED) is 0.936. The summed E-state index contributed by atoms with van der Waals surface area (Å²) >= 11 is 0. The van der Waals surface area contributed by atoms with Gasteiger partial charge in [0.2, 0.25) is 0 Å². The Kier molecular flexibility index (Phi) is 3.77. The van der Waals surface area contributed by atoms with Gasteiger partial charge in [0, 0.05) is 17.7 Å². The number of amides is 1. The molecular weight excluding hydrogens is 266 g/mol. The highest BCUT2D eigenvalue weighted by Crippen LogP contribution is 2.26. The summed E-state index contributed by atoms with van der Waals surface area (Å²) in [4.78, 5) is 12.2. The van der Waals surface area contributed by atoms with Crippen LogP contribution in [-0.4, -0.2) is 19.1 Å². The van der Waals surface area contributed by atoms with Crippen molar-refractivity contribution in [3.8, 4) is 11.5 Å². The number of hydrogen-bond donors (Lipinski definition) is 1. The minimum atomic E-state index is -0.117. The van der Waals surface area contributed by atoms with Crippen LogP contribution in [0.2, 0.25) is 0 Å². The highest BCUT2D eigenvalue weighted by atomic mass is 16.5. The molecule has 0 atom stereocenters. The van der Waals surface area contributed by atoms with Crippen LogP contribution in [0, 0.1) is 0 Å². The molecule has 2 aromatic rings. The van der Waals surface area contributed by atoms with E-state index in [0.717, 1.165) is 29.2 Å². The van der Waals surface area contributed by atoms with Crippen LogP contribution in [0.4, 0.5) is 5.69 Å². The summed E-state index contributed by atoms with van der Waals surface area (Å²) in [6.45, 7) is 3.26. The molecule has 1 aliphatic rings. The van der Waals surface area contributed by atoms with Gasteiger partial charge in [-0.2, -0.15) is 0 Å². The van der Waals surface area contributed by atoms with Crippen LogP contribution < -0.4 is 14.8 Å². The van der Waals surface area contributed by atoms with E-state index in [1.807, 2.05) is 43.3 Å². The van der Waals surface area contributed by atoms with Crippen molar-refractivity contribution in [2.24, 2.45) is 0 Å². The van der Waals surface area contributed by atoms with E-state index >= 15 is 0 Å². The van der Waals surface area contributed by atoms with Gasteiger partial charge in [0.15, 0.2) is 0 Å². The molecule has 0 aliphatic carbocycles. The third-order valence-electron chi connectivity index (χ3n) is 3.37. The fraction of sp³-hybridized carbons (Fsp3) is 0.235. The lowest BCUT2D eigenvalue weighted by atomic mass is 10.1. The lowest BCUT2D eigenvalue weighted by Gasteiger charge is -2.08. The van der Waals surface area contributed by atoms with Gasteiger partial charge in [0.05, 0.1) is 13.2 Å². The van der Waals surface area contributed by atoms with Crippen molar-refractivity contribution >= 4 is 11.6 Å². The largest absolute Gasteiger partial charge is 0.494 e. The molecule has 0 saturated carbocycles. The van der Waals surface area contributed by atoms with Gasteiger partial charge in [-0.25, -0.2) is 0 Å². The summed E-state index contributed by atoms with van der Waals surface area (Å²) in [7, 11) is 0. The van der Waals surface area contributed by atoms with Crippen molar-refractivity contribution < 1.29 is 14.3 Å². The molecule has 21 heavy (non-hydrogen) atoms. The maximum Gasteiger partial charge on any atom is 0.255 e. The molecule has 4 heteroatoms. The molecule has 2 aromatic carbocycles. The maximum absolute atomic E-state index is 12.2. The normalized spacial score (nSPS) is 12.4. The monoisotopic (exact) mass is 283 g/mol. The summed E-state index contributed by atoms with van der Waals surface area (Å²) in [5.41, 5.74) is 2.49. The first kappa shape index (κ1) is 13.5. The van der Waals surface area contributed by atoms with E-state index in [1.54, 1.807) is 6.07 Å². The summed E-state index contributed by atoms with van der Waals surface area (Å²) in [5, 5.41) is 2.88. The van der Waals surface area contributed by atoms with Crippen LogP contribution in [0.3, 0.4) is 0 Å². The zero-order chi connectivity index (χ0) is 14.7. The molecule has 0 unspecified atom stereocenters. The fourth-order valence-corrected chi connectivity index (χ4v) is 2.33. The Morgan fingerprint density at radius 3 is 2.81 bits per heavy atom. The number of ether oxygens (including phenoxy) is 2. The zero-order valence-corrected chi connectivity index (χ0v) is 11.9. The molecule has 3 rings (SSSR count). The molecule has 0 saturated heterocycles. The molecule has 1 aliphatic heterocycles. The van der Waals surface area contributed by atoms with Crippen molar-refractivity contribution in [1.82, 2.24) is 0 Å². The molecular formula is C17H17NO3. The van der Waals surface area contributed by atoms with Gasteiger partial charge < -0.3 is 14.8 Å². The molecule has 1 heterocycles. The van der Waals surface area contributed by atoms with Crippen LogP contribution in [0.1, 0.15) is 22.8 Å².